The molecule has 10 nitrogen and oxygen atoms in total. The Morgan fingerprint density at radius 2 is 1.33 bits per heavy atom. The number of nitrogen functional groups attached to an aromatic ring is 2. The normalized spacial score (nSPS) is 13.8. The first-order valence-corrected chi connectivity index (χ1v) is 15.6. The van der Waals surface area contributed by atoms with Gasteiger partial charge in [-0.25, -0.2) is 19.6 Å². The van der Waals surface area contributed by atoms with Gasteiger partial charge in [0.25, 0.3) is 5.91 Å². The summed E-state index contributed by atoms with van der Waals surface area (Å²) in [4.78, 5) is 44.1. The highest BCUT2D eigenvalue weighted by atomic mass is 35.5. The first-order valence-electron chi connectivity index (χ1n) is 13.2. The van der Waals surface area contributed by atoms with Crippen LogP contribution < -0.4 is 16.8 Å². The van der Waals surface area contributed by atoms with Crippen molar-refractivity contribution in [1.29, 1.82) is 0 Å². The number of carboxylic acids is 1. The number of nitrogens with zero attached hydrogens (tertiary/aromatic N) is 2. The van der Waals surface area contributed by atoms with Crippen LogP contribution in [-0.2, 0) is 9.53 Å². The molecule has 2 heterocycles. The summed E-state index contributed by atoms with van der Waals surface area (Å²) in [6.45, 7) is 0. The van der Waals surface area contributed by atoms with Crippen molar-refractivity contribution >= 4 is 73.7 Å². The van der Waals surface area contributed by atoms with Gasteiger partial charge in [0, 0.05) is 21.2 Å². The van der Waals surface area contributed by atoms with Gasteiger partial charge in [-0.1, -0.05) is 89.4 Å². The maximum absolute atomic E-state index is 12.8. The van der Waals surface area contributed by atoms with Crippen molar-refractivity contribution in [3.63, 3.8) is 0 Å². The number of hydrogen-bond donors (Lipinski definition) is 4. The number of nitrogens with one attached hydrogen (secondary N) is 1. The highest BCUT2D eigenvalue weighted by molar-refractivity contribution is 7.19. The zero-order chi connectivity index (χ0) is 31.1. The number of methoxy groups -OCH3 is 1. The molecule has 0 unspecified atom stereocenters. The molecule has 43 heavy (non-hydrogen) atoms. The predicted molar refractivity (Wildman–Crippen MR) is 171 cm³/mol. The molecule has 1 atom stereocenters. The summed E-state index contributed by atoms with van der Waals surface area (Å²) in [6, 6.07) is 13.4. The van der Waals surface area contributed by atoms with Gasteiger partial charge in [0.05, 0.1) is 7.11 Å². The molecule has 1 amide bonds. The molecule has 1 aliphatic rings. The zero-order valence-electron chi connectivity index (χ0n) is 23.0. The number of ether oxygens (including phenoxy) is 1. The Kier molecular flexibility index (Phi) is 11.0. The predicted octanol–water partition coefficient (Wildman–Crippen LogP) is 6.64. The van der Waals surface area contributed by atoms with Crippen LogP contribution in [-0.4, -0.2) is 46.1 Å². The molecule has 2 aromatic carbocycles. The summed E-state index contributed by atoms with van der Waals surface area (Å²) in [5, 5.41) is 14.6. The lowest BCUT2D eigenvalue weighted by atomic mass is 9.84. The van der Waals surface area contributed by atoms with Crippen molar-refractivity contribution in [2.45, 2.75) is 38.1 Å². The Balaban J connectivity index is 0.000000225. The number of thiazole rings is 2. The zero-order valence-corrected chi connectivity index (χ0v) is 26.2. The number of amides is 1. The van der Waals surface area contributed by atoms with Crippen molar-refractivity contribution in [1.82, 2.24) is 15.3 Å². The lowest BCUT2D eigenvalue weighted by molar-refractivity contribution is -0.144. The quantitative estimate of drug-likeness (QED) is 0.158. The van der Waals surface area contributed by atoms with Gasteiger partial charge in [0.15, 0.2) is 11.4 Å². The minimum atomic E-state index is -1.12. The smallest absolute Gasteiger partial charge is 0.357 e. The van der Waals surface area contributed by atoms with E-state index in [4.69, 9.17) is 44.5 Å². The number of benzene rings is 2. The highest BCUT2D eigenvalue weighted by Gasteiger charge is 2.33. The van der Waals surface area contributed by atoms with Gasteiger partial charge in [-0.3, -0.25) is 4.79 Å². The third kappa shape index (κ3) is 8.23. The average Bonchev–Trinajstić information content (AvgIpc) is 3.59. The third-order valence-corrected chi connectivity index (χ3v) is 9.14. The average molecular weight is 663 g/mol. The molecule has 2 aromatic heterocycles. The lowest BCUT2D eigenvalue weighted by Gasteiger charge is -2.28. The van der Waals surface area contributed by atoms with Crippen molar-refractivity contribution in [2.24, 2.45) is 5.92 Å². The van der Waals surface area contributed by atoms with Crippen molar-refractivity contribution in [2.75, 3.05) is 18.6 Å². The molecule has 0 radical (unpaired) electrons. The van der Waals surface area contributed by atoms with Gasteiger partial charge in [-0.2, -0.15) is 0 Å². The standard InChI is InChI=1S/C19H22ClN3O3S.C10H7ClN2O2S/c1-26-19(25)14(11-5-3-2-4-6-11)22-17(24)15-16(21)27-18(23-15)12-7-9-13(20)10-8-12;11-6-3-1-5(2-4-6)9-13-7(10(14)15)8(12)16-9/h7-11,14H,2-6,21H2,1H3,(H,22,24);1-4H,12H2,(H,14,15)/t14-;/m0./s1. The summed E-state index contributed by atoms with van der Waals surface area (Å²) in [5.41, 5.74) is 13.2. The maximum atomic E-state index is 12.8. The minimum Gasteiger partial charge on any atom is -0.476 e. The van der Waals surface area contributed by atoms with E-state index in [2.05, 4.69) is 15.3 Å². The number of anilines is 2. The van der Waals surface area contributed by atoms with Crippen LogP contribution in [0.15, 0.2) is 48.5 Å². The molecule has 0 saturated heterocycles. The van der Waals surface area contributed by atoms with E-state index in [0.717, 1.165) is 54.6 Å². The number of nitrogens with two attached hydrogens (primary N) is 2. The molecule has 5 rings (SSSR count). The number of aromatic carboxylic acids is 1. The molecule has 1 aliphatic carbocycles. The summed E-state index contributed by atoms with van der Waals surface area (Å²) < 4.78 is 4.90. The molecule has 4 aromatic rings. The van der Waals surface area contributed by atoms with Gasteiger partial charge < -0.3 is 26.6 Å². The Bertz CT molecular complexity index is 1590. The number of esters is 1. The Labute approximate surface area is 266 Å². The fourth-order valence-corrected chi connectivity index (χ4v) is 6.50. The first-order chi connectivity index (χ1) is 20.6. The molecule has 1 saturated carbocycles. The second kappa shape index (κ2) is 14.6. The van der Waals surface area contributed by atoms with Crippen LogP contribution in [0.4, 0.5) is 10.0 Å². The topological polar surface area (TPSA) is 171 Å². The second-order valence-electron chi connectivity index (χ2n) is 9.66. The molecule has 0 aliphatic heterocycles. The SMILES string of the molecule is COC(=O)[C@@H](NC(=O)c1nc(-c2ccc(Cl)cc2)sc1N)C1CCCCC1.Nc1sc(-c2ccc(Cl)cc2)nc1C(=O)O. The van der Waals surface area contributed by atoms with E-state index in [9.17, 15) is 14.4 Å². The molecule has 0 bridgehead atoms. The van der Waals surface area contributed by atoms with E-state index in [1.807, 2.05) is 12.1 Å². The molecular formula is C29H29Cl2N5O5S2. The molecular weight excluding hydrogens is 633 g/mol. The van der Waals surface area contributed by atoms with Crippen LogP contribution in [0.5, 0.6) is 0 Å². The number of carboxylic acid groups (broad SMARTS) is 1. The number of aromatic nitrogens is 2. The van der Waals surface area contributed by atoms with Gasteiger partial charge >= 0.3 is 11.9 Å². The first kappa shape index (κ1) is 32.2. The van der Waals surface area contributed by atoms with Gasteiger partial charge in [-0.15, -0.1) is 0 Å². The summed E-state index contributed by atoms with van der Waals surface area (Å²) >= 11 is 14.0. The Morgan fingerprint density at radius 1 is 0.860 bits per heavy atom. The van der Waals surface area contributed by atoms with Crippen LogP contribution in [0.25, 0.3) is 21.1 Å². The van der Waals surface area contributed by atoms with E-state index in [-0.39, 0.29) is 22.3 Å². The maximum Gasteiger partial charge on any atom is 0.357 e. The van der Waals surface area contributed by atoms with Crippen LogP contribution in [0.3, 0.4) is 0 Å². The fraction of sp³-hybridized carbons (Fsp3) is 0.276. The third-order valence-electron chi connectivity index (χ3n) is 6.77. The van der Waals surface area contributed by atoms with Gasteiger partial charge in [0.1, 0.15) is 26.1 Å². The monoisotopic (exact) mass is 661 g/mol. The molecule has 1 fully saturated rings. The lowest BCUT2D eigenvalue weighted by Crippen LogP contribution is -2.47. The summed E-state index contributed by atoms with van der Waals surface area (Å²) in [6.07, 6.45) is 5.04. The van der Waals surface area contributed by atoms with Gasteiger partial charge in [0.2, 0.25) is 0 Å². The Hall–Kier alpha value is -3.71. The molecule has 226 valence electrons. The minimum absolute atomic E-state index is 0.0748. The second-order valence-corrected chi connectivity index (χ2v) is 12.6. The van der Waals surface area contributed by atoms with Gasteiger partial charge in [-0.05, 0) is 43.0 Å². The summed E-state index contributed by atoms with van der Waals surface area (Å²) in [7, 11) is 1.33. The molecule has 0 spiro atoms. The molecule has 14 heteroatoms. The highest BCUT2D eigenvalue weighted by Crippen LogP contribution is 2.32. The number of carbonyl (C=O) groups excluding carboxylic acids is 2. The number of halogens is 2. The van der Waals surface area contributed by atoms with E-state index < -0.39 is 23.9 Å². The van der Waals surface area contributed by atoms with E-state index >= 15 is 0 Å². The van der Waals surface area contributed by atoms with Crippen molar-refractivity contribution < 1.29 is 24.2 Å². The van der Waals surface area contributed by atoms with Crippen LogP contribution in [0.2, 0.25) is 10.0 Å². The van der Waals surface area contributed by atoms with E-state index in [1.54, 1.807) is 36.4 Å². The van der Waals surface area contributed by atoms with Crippen molar-refractivity contribution in [3.8, 4) is 21.1 Å². The number of hydrogen-bond acceptors (Lipinski definition) is 10. The Morgan fingerprint density at radius 3 is 1.77 bits per heavy atom. The van der Waals surface area contributed by atoms with Crippen LogP contribution in [0.1, 0.15) is 53.1 Å². The van der Waals surface area contributed by atoms with E-state index in [0.29, 0.717) is 25.1 Å². The van der Waals surface area contributed by atoms with Crippen LogP contribution in [0, 0.1) is 5.92 Å². The summed E-state index contributed by atoms with van der Waals surface area (Å²) in [5.74, 6) is -1.92. The molecule has 6 N–H and O–H groups in total. The van der Waals surface area contributed by atoms with Crippen LogP contribution >= 0.6 is 45.9 Å². The van der Waals surface area contributed by atoms with Crippen molar-refractivity contribution in [3.05, 3.63) is 70.0 Å². The van der Waals surface area contributed by atoms with E-state index in [1.165, 1.54) is 18.4 Å². The largest absolute Gasteiger partial charge is 0.476 e. The number of carbonyl (C=O) groups is 3. The fourth-order valence-electron chi connectivity index (χ4n) is 4.58. The number of rotatable bonds is 7.